The summed E-state index contributed by atoms with van der Waals surface area (Å²) in [6, 6.07) is 26.3. The zero-order chi connectivity index (χ0) is 38.4. The second-order valence-electron chi connectivity index (χ2n) is 14.9. The Bertz CT molecular complexity index is 2220. The van der Waals surface area contributed by atoms with E-state index in [9.17, 15) is 14.4 Å². The normalized spacial score (nSPS) is 17.1. The molecule has 56 heavy (non-hydrogen) atoms. The van der Waals surface area contributed by atoms with E-state index >= 15 is 0 Å². The number of carbonyl (C=O) groups is 3. The molecule has 1 N–H and O–H groups in total. The van der Waals surface area contributed by atoms with Crippen molar-refractivity contribution in [2.45, 2.75) is 76.9 Å². The van der Waals surface area contributed by atoms with Crippen molar-refractivity contribution in [3.63, 3.8) is 0 Å². The Morgan fingerprint density at radius 3 is 2.20 bits per heavy atom. The first kappa shape index (κ1) is 37.7. The van der Waals surface area contributed by atoms with Crippen LogP contribution in [-0.4, -0.2) is 56.6 Å². The summed E-state index contributed by atoms with van der Waals surface area (Å²) in [5.74, 6) is 0.149. The topological polar surface area (TPSA) is 95.5 Å². The van der Waals surface area contributed by atoms with Gasteiger partial charge in [-0.1, -0.05) is 104 Å². The Kier molecular flexibility index (Phi) is 11.7. The van der Waals surface area contributed by atoms with Gasteiger partial charge in [0.1, 0.15) is 16.1 Å². The molecule has 0 bridgehead atoms. The molecule has 2 fully saturated rings. The molecule has 1 aliphatic heterocycles. The number of allylic oxidation sites excluding steroid dienone is 3. The van der Waals surface area contributed by atoms with Gasteiger partial charge in [-0.15, -0.1) is 22.7 Å². The lowest BCUT2D eigenvalue weighted by molar-refractivity contribution is -0.136. The van der Waals surface area contributed by atoms with Crippen LogP contribution in [0.4, 0.5) is 0 Å². The molecule has 8 rings (SSSR count). The first-order valence-electron chi connectivity index (χ1n) is 19.8. The van der Waals surface area contributed by atoms with Crippen molar-refractivity contribution in [2.24, 2.45) is 5.92 Å². The lowest BCUT2D eigenvalue weighted by Gasteiger charge is -2.30. The van der Waals surface area contributed by atoms with E-state index in [1.165, 1.54) is 0 Å². The largest absolute Gasteiger partial charge is 0.341 e. The summed E-state index contributed by atoms with van der Waals surface area (Å²) in [6.45, 7) is 3.99. The molecule has 0 spiro atoms. The van der Waals surface area contributed by atoms with E-state index in [4.69, 9.17) is 4.98 Å². The molecule has 3 amide bonds. The number of likely N-dealkylation sites (tertiary alicyclic amines) is 1. The van der Waals surface area contributed by atoms with Crippen molar-refractivity contribution in [1.82, 2.24) is 25.1 Å². The van der Waals surface area contributed by atoms with Crippen LogP contribution in [0.15, 0.2) is 115 Å². The molecule has 0 radical (unpaired) electrons. The number of carbonyl (C=O) groups excluding carboxylic acids is 3. The highest BCUT2D eigenvalue weighted by Crippen LogP contribution is 2.39. The Balaban J connectivity index is 0.906. The molecule has 10 heteroatoms. The van der Waals surface area contributed by atoms with Gasteiger partial charge in [0, 0.05) is 31.4 Å². The van der Waals surface area contributed by atoms with Gasteiger partial charge in [-0.2, -0.15) is 0 Å². The zero-order valence-electron chi connectivity index (χ0n) is 31.7. The average molecular weight is 782 g/mol. The number of nitrogens with one attached hydrogen (secondary N) is 1. The van der Waals surface area contributed by atoms with Gasteiger partial charge in [0.05, 0.1) is 28.8 Å². The molecular formula is C46H47N5O3S2. The smallest absolute Gasteiger partial charge is 0.250 e. The average Bonchev–Trinajstić information content (AvgIpc) is 3.55. The summed E-state index contributed by atoms with van der Waals surface area (Å²) < 4.78 is 0. The molecule has 286 valence electrons. The number of rotatable bonds is 14. The van der Waals surface area contributed by atoms with Crippen LogP contribution in [0, 0.1) is 5.92 Å². The van der Waals surface area contributed by atoms with Crippen LogP contribution in [0.3, 0.4) is 0 Å². The van der Waals surface area contributed by atoms with Crippen molar-refractivity contribution >= 4 is 40.4 Å². The molecule has 3 aromatic carbocycles. The van der Waals surface area contributed by atoms with Crippen molar-refractivity contribution in [3.8, 4) is 32.0 Å². The predicted molar refractivity (Wildman–Crippen MR) is 225 cm³/mol. The molecule has 2 aromatic heterocycles. The van der Waals surface area contributed by atoms with Gasteiger partial charge < -0.3 is 15.1 Å². The van der Waals surface area contributed by atoms with Gasteiger partial charge in [0.25, 0.3) is 0 Å². The van der Waals surface area contributed by atoms with Crippen LogP contribution in [0.1, 0.15) is 73.5 Å². The predicted octanol–water partition coefficient (Wildman–Crippen LogP) is 9.42. The van der Waals surface area contributed by atoms with Crippen LogP contribution in [-0.2, 0) is 27.3 Å². The highest BCUT2D eigenvalue weighted by molar-refractivity contribution is 7.15. The fraction of sp³-hybridized carbons (Fsp3) is 0.326. The Hall–Kier alpha value is -5.19. The molecule has 3 heterocycles. The van der Waals surface area contributed by atoms with Crippen molar-refractivity contribution < 1.29 is 14.4 Å². The first-order valence-corrected chi connectivity index (χ1v) is 21.5. The monoisotopic (exact) mass is 781 g/mol. The van der Waals surface area contributed by atoms with Crippen molar-refractivity contribution in [2.75, 3.05) is 13.1 Å². The summed E-state index contributed by atoms with van der Waals surface area (Å²) in [5.41, 5.74) is 6.47. The highest BCUT2D eigenvalue weighted by atomic mass is 32.1. The molecule has 1 saturated carbocycles. The fourth-order valence-electron chi connectivity index (χ4n) is 7.59. The SMILES string of the molecule is CCCN(Cc1ncc(-c2ccc(-c3ccc(-c4cnc([C@@H]5CCCN5C(=O)[C@@H](NC(=O)C5CC5)C5=CC=CCC5)s4)cc3)cc2)s1)C(=O)Cc1ccccc1. The zero-order valence-corrected chi connectivity index (χ0v) is 33.4. The number of hydrogen-bond acceptors (Lipinski definition) is 7. The second kappa shape index (κ2) is 17.3. The first-order chi connectivity index (χ1) is 27.4. The van der Waals surface area contributed by atoms with Gasteiger partial charge in [-0.05, 0) is 78.3 Å². The molecule has 1 saturated heterocycles. The number of aromatic nitrogens is 2. The summed E-state index contributed by atoms with van der Waals surface area (Å²) in [6.07, 6.45) is 16.5. The summed E-state index contributed by atoms with van der Waals surface area (Å²) >= 11 is 3.28. The molecule has 0 unspecified atom stereocenters. The van der Waals surface area contributed by atoms with Gasteiger partial charge in [-0.3, -0.25) is 14.4 Å². The van der Waals surface area contributed by atoms with E-state index in [1.807, 2.05) is 64.7 Å². The van der Waals surface area contributed by atoms with Gasteiger partial charge in [-0.25, -0.2) is 9.97 Å². The summed E-state index contributed by atoms with van der Waals surface area (Å²) in [7, 11) is 0. The van der Waals surface area contributed by atoms with Crippen LogP contribution in [0.25, 0.3) is 32.0 Å². The number of nitrogens with zero attached hydrogens (tertiary/aromatic N) is 4. The minimum atomic E-state index is -0.613. The third kappa shape index (κ3) is 8.77. The number of hydrogen-bond donors (Lipinski definition) is 1. The fourth-order valence-corrected chi connectivity index (χ4v) is 9.60. The lowest BCUT2D eigenvalue weighted by atomic mass is 9.96. The third-order valence-electron chi connectivity index (χ3n) is 10.8. The molecular weight excluding hydrogens is 735 g/mol. The van der Waals surface area contributed by atoms with Crippen LogP contribution >= 0.6 is 22.7 Å². The maximum atomic E-state index is 14.1. The lowest BCUT2D eigenvalue weighted by Crippen LogP contribution is -2.50. The molecule has 3 aliphatic rings. The van der Waals surface area contributed by atoms with E-state index in [2.05, 4.69) is 71.8 Å². The van der Waals surface area contributed by atoms with Gasteiger partial charge in [0.2, 0.25) is 17.7 Å². The van der Waals surface area contributed by atoms with Crippen LogP contribution in [0.2, 0.25) is 0 Å². The molecule has 2 aliphatic carbocycles. The quantitative estimate of drug-likeness (QED) is 0.121. The van der Waals surface area contributed by atoms with Gasteiger partial charge >= 0.3 is 0 Å². The second-order valence-corrected chi connectivity index (χ2v) is 17.1. The maximum Gasteiger partial charge on any atom is 0.250 e. The number of thiazole rings is 2. The Morgan fingerprint density at radius 2 is 1.54 bits per heavy atom. The van der Waals surface area contributed by atoms with E-state index < -0.39 is 6.04 Å². The summed E-state index contributed by atoms with van der Waals surface area (Å²) in [5, 5.41) is 4.99. The minimum Gasteiger partial charge on any atom is -0.341 e. The Labute approximate surface area is 337 Å². The summed E-state index contributed by atoms with van der Waals surface area (Å²) in [4.78, 5) is 55.6. The minimum absolute atomic E-state index is 0.00118. The van der Waals surface area contributed by atoms with E-state index in [1.54, 1.807) is 22.7 Å². The highest BCUT2D eigenvalue weighted by Gasteiger charge is 2.39. The van der Waals surface area contributed by atoms with E-state index in [-0.39, 0.29) is 29.7 Å². The standard InChI is InChI=1S/C46H47N5O3S2/c1-2-25-50(42(52)27-31-10-5-3-6-11-31)30-41-47-28-39(55-41)34-19-15-32(16-20-34)33-17-21-35(22-18-33)40-29-48-45(56-40)38-14-9-26-51(38)46(54)43(36-12-7-4-8-13-36)49-44(53)37-23-24-37/h3-7,10-12,15-22,28-29,37-38,43H,2,8-9,13-14,23-27,30H2,1H3,(H,49,53)/t38-,43-/m0/s1. The molecule has 8 nitrogen and oxygen atoms in total. The van der Waals surface area contributed by atoms with Crippen LogP contribution in [0.5, 0.6) is 0 Å². The van der Waals surface area contributed by atoms with Crippen molar-refractivity contribution in [1.29, 1.82) is 0 Å². The molecule has 2 atom stereocenters. The van der Waals surface area contributed by atoms with E-state index in [0.29, 0.717) is 26.1 Å². The van der Waals surface area contributed by atoms with Gasteiger partial charge in [0.15, 0.2) is 0 Å². The Morgan fingerprint density at radius 1 is 0.857 bits per heavy atom. The maximum absolute atomic E-state index is 14.1. The number of amides is 3. The van der Waals surface area contributed by atoms with Crippen LogP contribution < -0.4 is 5.32 Å². The molecule has 5 aromatic rings. The van der Waals surface area contributed by atoms with Crippen molar-refractivity contribution in [3.05, 3.63) is 131 Å². The van der Waals surface area contributed by atoms with E-state index in [0.717, 1.165) is 98.1 Å². The third-order valence-corrected chi connectivity index (χ3v) is 13.0. The number of benzene rings is 3.